The van der Waals surface area contributed by atoms with Crippen molar-refractivity contribution in [1.82, 2.24) is 0 Å². The van der Waals surface area contributed by atoms with Crippen LogP contribution in [0.25, 0.3) is 0 Å². The lowest BCUT2D eigenvalue weighted by molar-refractivity contribution is 0.390. The van der Waals surface area contributed by atoms with Crippen LogP contribution in [0.2, 0.25) is 5.02 Å². The average molecular weight is 304 g/mol. The van der Waals surface area contributed by atoms with E-state index in [1.54, 1.807) is 7.11 Å². The summed E-state index contributed by atoms with van der Waals surface area (Å²) in [4.78, 5) is 0.634. The quantitative estimate of drug-likeness (QED) is 0.715. The van der Waals surface area contributed by atoms with E-state index in [2.05, 4.69) is 22.0 Å². The summed E-state index contributed by atoms with van der Waals surface area (Å²) in [6.07, 6.45) is 4.96. The molecular formula is C13H16BrClO. The van der Waals surface area contributed by atoms with Crippen molar-refractivity contribution in [3.05, 3.63) is 28.8 Å². The van der Waals surface area contributed by atoms with E-state index in [1.165, 1.54) is 31.2 Å². The fourth-order valence-electron chi connectivity index (χ4n) is 2.44. The van der Waals surface area contributed by atoms with Gasteiger partial charge < -0.3 is 4.74 Å². The van der Waals surface area contributed by atoms with Crippen LogP contribution in [0, 0.1) is 0 Å². The molecule has 0 aliphatic heterocycles. The number of methoxy groups -OCH3 is 1. The lowest BCUT2D eigenvalue weighted by Gasteiger charge is -2.27. The summed E-state index contributed by atoms with van der Waals surface area (Å²) in [6.45, 7) is 0. The Bertz CT molecular complexity index is 367. The van der Waals surface area contributed by atoms with E-state index in [9.17, 15) is 0 Å². The Morgan fingerprint density at radius 3 is 2.88 bits per heavy atom. The van der Waals surface area contributed by atoms with Gasteiger partial charge in [-0.3, -0.25) is 0 Å². The van der Waals surface area contributed by atoms with E-state index >= 15 is 0 Å². The van der Waals surface area contributed by atoms with E-state index in [-0.39, 0.29) is 0 Å². The largest absolute Gasteiger partial charge is 0.496 e. The molecule has 1 fully saturated rings. The van der Waals surface area contributed by atoms with E-state index in [1.807, 2.05) is 12.1 Å². The summed E-state index contributed by atoms with van der Waals surface area (Å²) in [5, 5.41) is 0.799. The van der Waals surface area contributed by atoms with Crippen LogP contribution in [-0.4, -0.2) is 11.9 Å². The Morgan fingerprint density at radius 2 is 2.19 bits per heavy atom. The highest BCUT2D eigenvalue weighted by molar-refractivity contribution is 9.09. The Hall–Kier alpha value is -0.210. The molecule has 88 valence electrons. The molecule has 0 heterocycles. The van der Waals surface area contributed by atoms with Gasteiger partial charge in [0.25, 0.3) is 0 Å². The van der Waals surface area contributed by atoms with Crippen LogP contribution in [0.15, 0.2) is 18.2 Å². The number of hydrogen-bond acceptors (Lipinski definition) is 1. The third kappa shape index (κ3) is 2.72. The molecule has 0 amide bonds. The Kier molecular flexibility index (Phi) is 4.15. The second-order valence-electron chi connectivity index (χ2n) is 4.35. The van der Waals surface area contributed by atoms with Crippen LogP contribution < -0.4 is 4.74 Å². The van der Waals surface area contributed by atoms with Gasteiger partial charge in [-0.2, -0.15) is 0 Å². The molecule has 1 aliphatic carbocycles. The van der Waals surface area contributed by atoms with Crippen LogP contribution in [0.1, 0.15) is 37.2 Å². The van der Waals surface area contributed by atoms with Crippen LogP contribution >= 0.6 is 27.5 Å². The topological polar surface area (TPSA) is 9.23 Å². The molecule has 0 spiro atoms. The van der Waals surface area contributed by atoms with Gasteiger partial charge in [0.15, 0.2) is 0 Å². The fourth-order valence-corrected chi connectivity index (χ4v) is 3.39. The highest BCUT2D eigenvalue weighted by atomic mass is 79.9. The van der Waals surface area contributed by atoms with Gasteiger partial charge in [-0.25, -0.2) is 0 Å². The maximum atomic E-state index is 6.06. The molecule has 1 aliphatic rings. The lowest BCUT2D eigenvalue weighted by atomic mass is 9.83. The van der Waals surface area contributed by atoms with Gasteiger partial charge in [-0.1, -0.05) is 34.0 Å². The maximum absolute atomic E-state index is 6.06. The second kappa shape index (κ2) is 5.42. The molecule has 1 aromatic rings. The van der Waals surface area contributed by atoms with Crippen molar-refractivity contribution in [2.24, 2.45) is 0 Å². The second-order valence-corrected chi connectivity index (χ2v) is 6.08. The number of alkyl halides is 1. The third-order valence-corrected chi connectivity index (χ3v) is 4.31. The molecule has 1 saturated carbocycles. The minimum absolute atomic E-state index is 0.576. The first-order chi connectivity index (χ1) is 7.70. The smallest absolute Gasteiger partial charge is 0.122 e. The number of hydrogen-bond donors (Lipinski definition) is 0. The van der Waals surface area contributed by atoms with Gasteiger partial charge in [-0.15, -0.1) is 0 Å². The number of rotatable bonds is 2. The van der Waals surface area contributed by atoms with Crippen molar-refractivity contribution in [3.63, 3.8) is 0 Å². The SMILES string of the molecule is COc1ccc(Cl)cc1C1CCCC(Br)C1. The van der Waals surface area contributed by atoms with E-state index in [4.69, 9.17) is 16.3 Å². The lowest BCUT2D eigenvalue weighted by Crippen LogP contribution is -2.14. The summed E-state index contributed by atoms with van der Waals surface area (Å²) in [7, 11) is 1.72. The monoisotopic (exact) mass is 302 g/mol. The predicted molar refractivity (Wildman–Crippen MR) is 71.9 cm³/mol. The maximum Gasteiger partial charge on any atom is 0.122 e. The number of benzene rings is 1. The molecule has 0 N–H and O–H groups in total. The van der Waals surface area contributed by atoms with Gasteiger partial charge in [0.2, 0.25) is 0 Å². The Balaban J connectivity index is 2.26. The van der Waals surface area contributed by atoms with Crippen molar-refractivity contribution in [2.75, 3.05) is 7.11 Å². The molecule has 2 atom stereocenters. The van der Waals surface area contributed by atoms with Crippen LogP contribution in [-0.2, 0) is 0 Å². The van der Waals surface area contributed by atoms with E-state index in [0.717, 1.165) is 10.8 Å². The van der Waals surface area contributed by atoms with Gasteiger partial charge in [0, 0.05) is 9.85 Å². The summed E-state index contributed by atoms with van der Waals surface area (Å²) in [5.74, 6) is 1.54. The average Bonchev–Trinajstić information content (AvgIpc) is 2.29. The summed E-state index contributed by atoms with van der Waals surface area (Å²) < 4.78 is 5.41. The van der Waals surface area contributed by atoms with Gasteiger partial charge in [0.1, 0.15) is 5.75 Å². The minimum Gasteiger partial charge on any atom is -0.496 e. The molecule has 3 heteroatoms. The highest BCUT2D eigenvalue weighted by Crippen LogP contribution is 2.40. The molecule has 1 nitrogen and oxygen atoms in total. The molecule has 0 bridgehead atoms. The zero-order valence-corrected chi connectivity index (χ0v) is 11.7. The third-order valence-electron chi connectivity index (χ3n) is 3.24. The van der Waals surface area contributed by atoms with Crippen molar-refractivity contribution >= 4 is 27.5 Å². The van der Waals surface area contributed by atoms with Crippen molar-refractivity contribution in [3.8, 4) is 5.75 Å². The van der Waals surface area contributed by atoms with Gasteiger partial charge in [0.05, 0.1) is 7.11 Å². The summed E-state index contributed by atoms with van der Waals surface area (Å²) >= 11 is 9.78. The molecule has 2 unspecified atom stereocenters. The van der Waals surface area contributed by atoms with Crippen LogP contribution in [0.4, 0.5) is 0 Å². The molecule has 0 aromatic heterocycles. The van der Waals surface area contributed by atoms with Crippen molar-refractivity contribution < 1.29 is 4.74 Å². The zero-order chi connectivity index (χ0) is 11.5. The molecule has 0 radical (unpaired) electrons. The molecule has 2 rings (SSSR count). The molecule has 1 aromatic carbocycles. The molecule has 16 heavy (non-hydrogen) atoms. The number of halogens is 2. The molecular weight excluding hydrogens is 287 g/mol. The molecule has 0 saturated heterocycles. The highest BCUT2D eigenvalue weighted by Gasteiger charge is 2.23. The Morgan fingerprint density at radius 1 is 1.38 bits per heavy atom. The number of ether oxygens (including phenoxy) is 1. The van der Waals surface area contributed by atoms with E-state index in [0.29, 0.717) is 10.7 Å². The van der Waals surface area contributed by atoms with E-state index < -0.39 is 0 Å². The zero-order valence-electron chi connectivity index (χ0n) is 9.38. The van der Waals surface area contributed by atoms with Crippen molar-refractivity contribution in [2.45, 2.75) is 36.4 Å². The first-order valence-electron chi connectivity index (χ1n) is 5.68. The first kappa shape index (κ1) is 12.3. The predicted octanol–water partition coefficient (Wildman–Crippen LogP) is 4.77. The standard InChI is InChI=1S/C13H16BrClO/c1-16-13-6-5-11(15)8-12(13)9-3-2-4-10(14)7-9/h5-6,8-10H,2-4,7H2,1H3. The Labute approximate surface area is 110 Å². The van der Waals surface area contributed by atoms with Crippen molar-refractivity contribution in [1.29, 1.82) is 0 Å². The van der Waals surface area contributed by atoms with Crippen LogP contribution in [0.3, 0.4) is 0 Å². The fraction of sp³-hybridized carbons (Fsp3) is 0.538. The van der Waals surface area contributed by atoms with Crippen LogP contribution in [0.5, 0.6) is 5.75 Å². The van der Waals surface area contributed by atoms with Gasteiger partial charge >= 0.3 is 0 Å². The summed E-state index contributed by atoms with van der Waals surface area (Å²) in [5.41, 5.74) is 1.26. The first-order valence-corrected chi connectivity index (χ1v) is 6.97. The summed E-state index contributed by atoms with van der Waals surface area (Å²) in [6, 6.07) is 5.91. The van der Waals surface area contributed by atoms with Gasteiger partial charge in [-0.05, 0) is 48.9 Å². The normalized spacial score (nSPS) is 25.4. The minimum atomic E-state index is 0.576.